The summed E-state index contributed by atoms with van der Waals surface area (Å²) in [5.41, 5.74) is 2.18. The fourth-order valence-corrected chi connectivity index (χ4v) is 4.67. The molecule has 1 aromatic carbocycles. The van der Waals surface area contributed by atoms with Crippen molar-refractivity contribution in [3.8, 4) is 11.6 Å². The van der Waals surface area contributed by atoms with Crippen LogP contribution in [0.5, 0.6) is 11.6 Å². The standard InChI is InChI=1S/C27H25FN8O2/c1-16-13-19-20(36(16)27(37)17-3-4-17)6-7-21(23(19)28)38-26-24(29-2)25(32-15-33-26)34-22-8-5-18(14-31-22)35-11-9-30-10-12-35/h5-8,13-15,17,30H,3-4,9-12H2,1H3,(H,31,32,33,34). The van der Waals surface area contributed by atoms with Gasteiger partial charge in [-0.15, -0.1) is 0 Å². The van der Waals surface area contributed by atoms with E-state index in [2.05, 4.69) is 35.3 Å². The van der Waals surface area contributed by atoms with Gasteiger partial charge in [0.05, 0.1) is 24.0 Å². The number of halogens is 1. The molecule has 1 aliphatic carbocycles. The lowest BCUT2D eigenvalue weighted by molar-refractivity contribution is 0.0889. The van der Waals surface area contributed by atoms with Gasteiger partial charge in [-0.05, 0) is 50.1 Å². The molecular formula is C27H25FN8O2. The Bertz CT molecular complexity index is 1570. The lowest BCUT2D eigenvalue weighted by Crippen LogP contribution is -2.43. The highest BCUT2D eigenvalue weighted by Gasteiger charge is 2.32. The van der Waals surface area contributed by atoms with Crippen LogP contribution in [-0.4, -0.2) is 51.6 Å². The number of ether oxygens (including phenoxy) is 1. The number of nitrogens with one attached hydrogen (secondary N) is 2. The SMILES string of the molecule is [C-]#[N+]c1c(Nc2ccc(N3CCNCC3)cn2)ncnc1Oc1ccc2c(cc(C)n2C(=O)C2CC2)c1F. The first-order valence-electron chi connectivity index (χ1n) is 12.5. The van der Waals surface area contributed by atoms with Gasteiger partial charge in [0.2, 0.25) is 11.8 Å². The second kappa shape index (κ2) is 9.72. The summed E-state index contributed by atoms with van der Waals surface area (Å²) in [5, 5.41) is 6.64. The molecule has 2 fully saturated rings. The fourth-order valence-electron chi connectivity index (χ4n) is 4.67. The van der Waals surface area contributed by atoms with Crippen LogP contribution in [0.4, 0.5) is 27.4 Å². The number of hydrogen-bond donors (Lipinski definition) is 2. The van der Waals surface area contributed by atoms with E-state index in [4.69, 9.17) is 11.3 Å². The average molecular weight is 513 g/mol. The van der Waals surface area contributed by atoms with Crippen LogP contribution in [0.3, 0.4) is 0 Å². The van der Waals surface area contributed by atoms with E-state index in [0.717, 1.165) is 44.7 Å². The molecule has 1 saturated heterocycles. The van der Waals surface area contributed by atoms with Crippen molar-refractivity contribution >= 4 is 39.8 Å². The third-order valence-corrected chi connectivity index (χ3v) is 6.80. The molecule has 2 aliphatic rings. The van der Waals surface area contributed by atoms with Gasteiger partial charge in [0.15, 0.2) is 11.6 Å². The van der Waals surface area contributed by atoms with Gasteiger partial charge in [-0.25, -0.2) is 24.2 Å². The number of hydrogen-bond acceptors (Lipinski definition) is 8. The molecule has 0 amide bonds. The minimum Gasteiger partial charge on any atom is -0.446 e. The Morgan fingerprint density at radius 1 is 1.18 bits per heavy atom. The normalized spacial score (nSPS) is 15.3. The van der Waals surface area contributed by atoms with Crippen molar-refractivity contribution in [2.45, 2.75) is 19.8 Å². The Morgan fingerprint density at radius 3 is 2.71 bits per heavy atom. The summed E-state index contributed by atoms with van der Waals surface area (Å²) in [5.74, 6) is -0.109. The van der Waals surface area contributed by atoms with Gasteiger partial charge in [0.25, 0.3) is 5.69 Å². The summed E-state index contributed by atoms with van der Waals surface area (Å²) in [4.78, 5) is 31.2. The molecule has 6 rings (SSSR count). The zero-order chi connectivity index (χ0) is 26.2. The van der Waals surface area contributed by atoms with Gasteiger partial charge in [0.1, 0.15) is 18.0 Å². The predicted molar refractivity (Wildman–Crippen MR) is 141 cm³/mol. The highest BCUT2D eigenvalue weighted by molar-refractivity contribution is 5.96. The molecular weight excluding hydrogens is 487 g/mol. The van der Waals surface area contributed by atoms with Crippen LogP contribution >= 0.6 is 0 Å². The van der Waals surface area contributed by atoms with Crippen LogP contribution in [0, 0.1) is 25.2 Å². The molecule has 4 aromatic rings. The van der Waals surface area contributed by atoms with Gasteiger partial charge in [0, 0.05) is 43.2 Å². The quantitative estimate of drug-likeness (QED) is 0.355. The number of carbonyl (C=O) groups is 1. The molecule has 0 atom stereocenters. The Morgan fingerprint density at radius 2 is 2.00 bits per heavy atom. The molecule has 0 unspecified atom stereocenters. The number of benzene rings is 1. The summed E-state index contributed by atoms with van der Waals surface area (Å²) in [6.07, 6.45) is 4.74. The van der Waals surface area contributed by atoms with E-state index in [9.17, 15) is 4.79 Å². The van der Waals surface area contributed by atoms with Gasteiger partial charge >= 0.3 is 0 Å². The number of rotatable bonds is 6. The molecule has 0 radical (unpaired) electrons. The van der Waals surface area contributed by atoms with Crippen LogP contribution in [0.1, 0.15) is 23.3 Å². The smallest absolute Gasteiger partial charge is 0.288 e. The van der Waals surface area contributed by atoms with Crippen molar-refractivity contribution in [3.63, 3.8) is 0 Å². The van der Waals surface area contributed by atoms with E-state index in [-0.39, 0.29) is 40.3 Å². The summed E-state index contributed by atoms with van der Waals surface area (Å²) in [6.45, 7) is 13.1. The number of fused-ring (bicyclic) bond motifs is 1. The van der Waals surface area contributed by atoms with Crippen molar-refractivity contribution in [3.05, 3.63) is 65.8 Å². The lowest BCUT2D eigenvalue weighted by Gasteiger charge is -2.29. The Labute approximate surface area is 218 Å². The number of pyridine rings is 1. The van der Waals surface area contributed by atoms with Crippen molar-refractivity contribution in [2.75, 3.05) is 36.4 Å². The largest absolute Gasteiger partial charge is 0.446 e. The second-order valence-electron chi connectivity index (χ2n) is 9.40. The van der Waals surface area contributed by atoms with Crippen molar-refractivity contribution in [1.29, 1.82) is 0 Å². The molecule has 11 heteroatoms. The Kier molecular flexibility index (Phi) is 6.09. The third-order valence-electron chi connectivity index (χ3n) is 6.80. The molecule has 0 bridgehead atoms. The van der Waals surface area contributed by atoms with Gasteiger partial charge in [-0.3, -0.25) is 9.36 Å². The number of carbonyl (C=O) groups excluding carboxylic acids is 1. The van der Waals surface area contributed by atoms with Gasteiger partial charge in [-0.2, -0.15) is 0 Å². The van der Waals surface area contributed by atoms with Crippen molar-refractivity contribution < 1.29 is 13.9 Å². The monoisotopic (exact) mass is 512 g/mol. The van der Waals surface area contributed by atoms with E-state index >= 15 is 4.39 Å². The van der Waals surface area contributed by atoms with Gasteiger partial charge < -0.3 is 20.3 Å². The summed E-state index contributed by atoms with van der Waals surface area (Å²) >= 11 is 0. The number of nitrogens with zero attached hydrogens (tertiary/aromatic N) is 6. The van der Waals surface area contributed by atoms with Crippen molar-refractivity contribution in [2.24, 2.45) is 5.92 Å². The van der Waals surface area contributed by atoms with E-state index < -0.39 is 5.82 Å². The highest BCUT2D eigenvalue weighted by Crippen LogP contribution is 2.39. The first-order valence-corrected chi connectivity index (χ1v) is 12.5. The van der Waals surface area contributed by atoms with E-state index in [1.54, 1.807) is 29.8 Å². The maximum Gasteiger partial charge on any atom is 0.288 e. The van der Waals surface area contributed by atoms with E-state index in [1.165, 1.54) is 12.4 Å². The summed E-state index contributed by atoms with van der Waals surface area (Å²) in [6, 6.07) is 8.52. The minimum atomic E-state index is -0.623. The minimum absolute atomic E-state index is 0.00218. The molecule has 0 spiro atoms. The van der Waals surface area contributed by atoms with E-state index in [1.807, 2.05) is 12.1 Å². The fraction of sp³-hybridized carbons (Fsp3) is 0.296. The third kappa shape index (κ3) is 4.39. The molecule has 1 saturated carbocycles. The number of aromatic nitrogens is 4. The average Bonchev–Trinajstić information content (AvgIpc) is 3.73. The maximum absolute atomic E-state index is 15.5. The lowest BCUT2D eigenvalue weighted by atomic mass is 10.2. The zero-order valence-corrected chi connectivity index (χ0v) is 20.7. The maximum atomic E-state index is 15.5. The Balaban J connectivity index is 1.26. The van der Waals surface area contributed by atoms with Crippen LogP contribution in [0.2, 0.25) is 0 Å². The molecule has 2 N–H and O–H groups in total. The second-order valence-corrected chi connectivity index (χ2v) is 9.40. The summed E-state index contributed by atoms with van der Waals surface area (Å²) in [7, 11) is 0. The molecule has 1 aliphatic heterocycles. The number of piperazine rings is 1. The first-order chi connectivity index (χ1) is 18.5. The number of anilines is 3. The Hall–Kier alpha value is -4.56. The van der Waals surface area contributed by atoms with Gasteiger partial charge in [-0.1, -0.05) is 0 Å². The first kappa shape index (κ1) is 23.8. The van der Waals surface area contributed by atoms with Crippen LogP contribution < -0.4 is 20.3 Å². The summed E-state index contributed by atoms with van der Waals surface area (Å²) < 4.78 is 22.8. The van der Waals surface area contributed by atoms with Crippen LogP contribution in [0.25, 0.3) is 15.7 Å². The molecule has 38 heavy (non-hydrogen) atoms. The predicted octanol–water partition coefficient (Wildman–Crippen LogP) is 4.82. The highest BCUT2D eigenvalue weighted by atomic mass is 19.1. The molecule has 192 valence electrons. The van der Waals surface area contributed by atoms with E-state index in [0.29, 0.717) is 17.0 Å². The zero-order valence-electron chi connectivity index (χ0n) is 20.7. The topological polar surface area (TPSA) is 102 Å². The molecule has 3 aromatic heterocycles. The van der Waals surface area contributed by atoms with Crippen molar-refractivity contribution in [1.82, 2.24) is 24.8 Å². The van der Waals surface area contributed by atoms with Crippen LogP contribution in [-0.2, 0) is 0 Å². The molecule has 4 heterocycles. The van der Waals surface area contributed by atoms with Crippen LogP contribution in [0.15, 0.2) is 42.9 Å². The number of aryl methyl sites for hydroxylation is 1. The molecule has 10 nitrogen and oxygen atoms in total.